The molecule has 3 heterocycles. The lowest BCUT2D eigenvalue weighted by Gasteiger charge is -2.35. The maximum absolute atomic E-state index is 13.0. The average molecular weight is 490 g/mol. The van der Waals surface area contributed by atoms with Crippen molar-refractivity contribution in [1.82, 2.24) is 19.2 Å². The monoisotopic (exact) mass is 489 g/mol. The molecule has 2 fully saturated rings. The van der Waals surface area contributed by atoms with Crippen LogP contribution in [0.5, 0.6) is 0 Å². The van der Waals surface area contributed by atoms with Gasteiger partial charge in [-0.3, -0.25) is 4.79 Å². The topological polar surface area (TPSA) is 86.7 Å². The zero-order valence-electron chi connectivity index (χ0n) is 19.0. The van der Waals surface area contributed by atoms with Crippen molar-refractivity contribution in [3.63, 3.8) is 0 Å². The highest BCUT2D eigenvalue weighted by atomic mass is 32.2. The second-order valence-corrected chi connectivity index (χ2v) is 11.5. The van der Waals surface area contributed by atoms with E-state index in [0.29, 0.717) is 18.1 Å². The van der Waals surface area contributed by atoms with Crippen molar-refractivity contribution < 1.29 is 13.2 Å². The molecule has 10 heteroatoms. The molecular formula is C23H31N5O3S2. The summed E-state index contributed by atoms with van der Waals surface area (Å²) in [5, 5.41) is 0.648. The van der Waals surface area contributed by atoms with E-state index in [9.17, 15) is 13.2 Å². The van der Waals surface area contributed by atoms with Crippen molar-refractivity contribution >= 4 is 33.5 Å². The lowest BCUT2D eigenvalue weighted by Crippen LogP contribution is -2.49. The molecule has 33 heavy (non-hydrogen) atoms. The molecule has 0 spiro atoms. The summed E-state index contributed by atoms with van der Waals surface area (Å²) in [6.45, 7) is 2.83. The maximum Gasteiger partial charge on any atom is 0.244 e. The second-order valence-electron chi connectivity index (χ2n) is 8.49. The minimum Gasteiger partial charge on any atom is -0.353 e. The summed E-state index contributed by atoms with van der Waals surface area (Å²) >= 11 is 1.34. The average Bonchev–Trinajstić information content (AvgIpc) is 2.88. The first-order valence-corrected chi connectivity index (χ1v) is 13.9. The van der Waals surface area contributed by atoms with Crippen molar-refractivity contribution in [3.05, 3.63) is 42.7 Å². The Morgan fingerprint density at radius 2 is 1.82 bits per heavy atom. The summed E-state index contributed by atoms with van der Waals surface area (Å²) in [7, 11) is -1.89. The van der Waals surface area contributed by atoms with Gasteiger partial charge in [0.15, 0.2) is 0 Å². The highest BCUT2D eigenvalue weighted by Crippen LogP contribution is 2.27. The molecule has 0 bridgehead atoms. The molecule has 1 aliphatic carbocycles. The van der Waals surface area contributed by atoms with Crippen LogP contribution in [0.3, 0.4) is 0 Å². The molecule has 0 N–H and O–H groups in total. The lowest BCUT2D eigenvalue weighted by molar-refractivity contribution is -0.128. The number of hydrogen-bond acceptors (Lipinski definition) is 7. The van der Waals surface area contributed by atoms with Gasteiger partial charge in [0, 0.05) is 51.7 Å². The summed E-state index contributed by atoms with van der Waals surface area (Å²) in [6.07, 6.45) is 8.34. The standard InChI is InChI=1S/C23H31N5O3S2/c1-26(19-7-3-2-4-8-19)33(30,31)20-10-11-22(25-17-20)32-18-23(29)28-15-13-27(14-16-28)21-9-5-6-12-24-21/h5-6,9-12,17,19H,2-4,7-8,13-16,18H2,1H3. The van der Waals surface area contributed by atoms with Gasteiger partial charge in [-0.15, -0.1) is 0 Å². The van der Waals surface area contributed by atoms with Crippen molar-refractivity contribution in [2.45, 2.75) is 48.1 Å². The van der Waals surface area contributed by atoms with Crippen LogP contribution in [0.2, 0.25) is 0 Å². The molecule has 0 radical (unpaired) electrons. The molecule has 0 atom stereocenters. The molecule has 0 aromatic carbocycles. The predicted molar refractivity (Wildman–Crippen MR) is 130 cm³/mol. The Bertz CT molecular complexity index is 1020. The number of nitrogens with zero attached hydrogens (tertiary/aromatic N) is 5. The number of rotatable bonds is 7. The Kier molecular flexibility index (Phi) is 7.87. The van der Waals surface area contributed by atoms with Crippen molar-refractivity contribution in [2.24, 2.45) is 0 Å². The zero-order valence-corrected chi connectivity index (χ0v) is 20.6. The fourth-order valence-electron chi connectivity index (χ4n) is 4.36. The van der Waals surface area contributed by atoms with Gasteiger partial charge < -0.3 is 9.80 Å². The Morgan fingerprint density at radius 1 is 1.06 bits per heavy atom. The zero-order chi connectivity index (χ0) is 23.3. The minimum atomic E-state index is -3.56. The Balaban J connectivity index is 1.27. The van der Waals surface area contributed by atoms with Gasteiger partial charge in [-0.2, -0.15) is 4.31 Å². The van der Waals surface area contributed by atoms with Crippen LogP contribution in [0.25, 0.3) is 0 Å². The third kappa shape index (κ3) is 5.85. The molecule has 1 amide bonds. The van der Waals surface area contributed by atoms with Crippen molar-refractivity contribution in [3.8, 4) is 0 Å². The predicted octanol–water partition coefficient (Wildman–Crippen LogP) is 2.87. The lowest BCUT2D eigenvalue weighted by atomic mass is 9.96. The summed E-state index contributed by atoms with van der Waals surface area (Å²) in [4.78, 5) is 25.6. The first-order chi connectivity index (χ1) is 15.9. The molecule has 178 valence electrons. The molecule has 1 aliphatic heterocycles. The fraction of sp³-hybridized carbons (Fsp3) is 0.522. The van der Waals surface area contributed by atoms with Gasteiger partial charge in [0.2, 0.25) is 15.9 Å². The minimum absolute atomic E-state index is 0.0635. The highest BCUT2D eigenvalue weighted by Gasteiger charge is 2.29. The summed E-state index contributed by atoms with van der Waals surface area (Å²) in [5.74, 6) is 1.29. The smallest absolute Gasteiger partial charge is 0.244 e. The number of aromatic nitrogens is 2. The van der Waals surface area contributed by atoms with E-state index >= 15 is 0 Å². The van der Waals surface area contributed by atoms with Crippen LogP contribution in [-0.2, 0) is 14.8 Å². The van der Waals surface area contributed by atoms with Crippen molar-refractivity contribution in [1.29, 1.82) is 0 Å². The van der Waals surface area contributed by atoms with Gasteiger partial charge >= 0.3 is 0 Å². The molecule has 8 nitrogen and oxygen atoms in total. The third-order valence-electron chi connectivity index (χ3n) is 6.42. The van der Waals surface area contributed by atoms with Gasteiger partial charge in [0.1, 0.15) is 10.7 Å². The number of carbonyl (C=O) groups excluding carboxylic acids is 1. The number of hydrogen-bond donors (Lipinski definition) is 0. The molecule has 2 aromatic heterocycles. The highest BCUT2D eigenvalue weighted by molar-refractivity contribution is 7.99. The molecule has 0 unspecified atom stereocenters. The molecule has 1 saturated carbocycles. The van der Waals surface area contributed by atoms with Crippen LogP contribution in [0, 0.1) is 0 Å². The van der Waals surface area contributed by atoms with Crippen LogP contribution in [0.15, 0.2) is 52.6 Å². The quantitative estimate of drug-likeness (QED) is 0.553. The van der Waals surface area contributed by atoms with E-state index in [2.05, 4.69) is 14.9 Å². The SMILES string of the molecule is CN(C1CCCCC1)S(=O)(=O)c1ccc(SCC(=O)N2CCN(c3ccccn3)CC2)nc1. The number of anilines is 1. The Labute approximate surface area is 200 Å². The molecule has 2 aliphatic rings. The fourth-order valence-corrected chi connectivity index (χ4v) is 6.47. The third-order valence-corrected chi connectivity index (χ3v) is 9.25. The number of sulfonamides is 1. The molecule has 2 aromatic rings. The summed E-state index contributed by atoms with van der Waals surface area (Å²) in [6, 6.07) is 9.20. The van der Waals surface area contributed by atoms with Crippen LogP contribution >= 0.6 is 11.8 Å². The van der Waals surface area contributed by atoms with Crippen LogP contribution in [-0.4, -0.2) is 78.5 Å². The Hall–Kier alpha value is -2.17. The second kappa shape index (κ2) is 10.8. The van der Waals surface area contributed by atoms with Gasteiger partial charge in [-0.05, 0) is 37.1 Å². The van der Waals surface area contributed by atoms with Crippen molar-refractivity contribution in [2.75, 3.05) is 43.9 Å². The normalized spacial score (nSPS) is 18.0. The molecule has 4 rings (SSSR count). The van der Waals surface area contributed by atoms with Crippen LogP contribution in [0.4, 0.5) is 5.82 Å². The van der Waals surface area contributed by atoms with Gasteiger partial charge in [0.25, 0.3) is 0 Å². The summed E-state index contributed by atoms with van der Waals surface area (Å²) < 4.78 is 27.4. The molecule has 1 saturated heterocycles. The summed E-state index contributed by atoms with van der Waals surface area (Å²) in [5.41, 5.74) is 0. The molecular weight excluding hydrogens is 458 g/mol. The number of pyridine rings is 2. The number of piperazine rings is 1. The van der Waals surface area contributed by atoms with Gasteiger partial charge in [-0.25, -0.2) is 18.4 Å². The number of amides is 1. The van der Waals surface area contributed by atoms with E-state index < -0.39 is 10.0 Å². The number of thioether (sulfide) groups is 1. The largest absolute Gasteiger partial charge is 0.353 e. The van der Waals surface area contributed by atoms with Gasteiger partial charge in [0.05, 0.1) is 10.8 Å². The first-order valence-electron chi connectivity index (χ1n) is 11.5. The van der Waals surface area contributed by atoms with E-state index in [1.165, 1.54) is 28.7 Å². The van der Waals surface area contributed by atoms with E-state index in [1.54, 1.807) is 25.4 Å². The first kappa shape index (κ1) is 24.0. The maximum atomic E-state index is 13.0. The van der Waals surface area contributed by atoms with E-state index in [4.69, 9.17) is 0 Å². The van der Waals surface area contributed by atoms with Gasteiger partial charge in [-0.1, -0.05) is 37.1 Å². The van der Waals surface area contributed by atoms with E-state index in [-0.39, 0.29) is 22.6 Å². The Morgan fingerprint density at radius 3 is 2.45 bits per heavy atom. The number of carbonyl (C=O) groups is 1. The van der Waals surface area contributed by atoms with Crippen LogP contribution < -0.4 is 4.90 Å². The van der Waals surface area contributed by atoms with E-state index in [0.717, 1.165) is 44.6 Å². The van der Waals surface area contributed by atoms with E-state index in [1.807, 2.05) is 23.1 Å². The van der Waals surface area contributed by atoms with Crippen LogP contribution in [0.1, 0.15) is 32.1 Å².